The molecule has 0 bridgehead atoms. The van der Waals surface area contributed by atoms with E-state index in [1.165, 1.54) is 6.33 Å². The van der Waals surface area contributed by atoms with Crippen LogP contribution in [-0.2, 0) is 0 Å². The van der Waals surface area contributed by atoms with Crippen molar-refractivity contribution in [2.24, 2.45) is 5.73 Å². The van der Waals surface area contributed by atoms with Gasteiger partial charge in [0.1, 0.15) is 12.7 Å². The third-order valence-electron chi connectivity index (χ3n) is 3.01. The van der Waals surface area contributed by atoms with Gasteiger partial charge in [-0.15, -0.1) is 12.4 Å². The second-order valence-corrected chi connectivity index (χ2v) is 4.86. The van der Waals surface area contributed by atoms with Gasteiger partial charge in [0.05, 0.1) is 5.69 Å². The average molecular weight is 310 g/mol. The zero-order chi connectivity index (χ0) is 14.5. The van der Waals surface area contributed by atoms with Crippen LogP contribution in [0.5, 0.6) is 0 Å². The molecule has 1 unspecified atom stereocenters. The molecule has 1 heterocycles. The van der Waals surface area contributed by atoms with E-state index in [4.69, 9.17) is 5.73 Å². The summed E-state index contributed by atoms with van der Waals surface area (Å²) in [6, 6.07) is 5.58. The molecule has 0 saturated carbocycles. The first-order valence-corrected chi connectivity index (χ1v) is 6.57. The molecular weight excluding hydrogens is 290 g/mol. The number of aryl methyl sites for hydroxylation is 1. The molecule has 0 fully saturated rings. The SMILES string of the molecule is Cc1cc(C(=O)NCCC(C)N)ccc1-n1cncn1.Cl. The molecule has 6 nitrogen and oxygen atoms in total. The van der Waals surface area contributed by atoms with Crippen molar-refractivity contribution in [1.29, 1.82) is 0 Å². The van der Waals surface area contributed by atoms with Crippen LogP contribution in [0.3, 0.4) is 0 Å². The van der Waals surface area contributed by atoms with Crippen molar-refractivity contribution in [2.45, 2.75) is 26.3 Å². The number of nitrogens with one attached hydrogen (secondary N) is 1. The van der Waals surface area contributed by atoms with E-state index in [1.54, 1.807) is 17.1 Å². The van der Waals surface area contributed by atoms with Gasteiger partial charge < -0.3 is 11.1 Å². The van der Waals surface area contributed by atoms with Crippen molar-refractivity contribution in [1.82, 2.24) is 20.1 Å². The number of amides is 1. The normalized spacial score (nSPS) is 11.6. The minimum absolute atomic E-state index is 0. The first kappa shape index (κ1) is 17.1. The monoisotopic (exact) mass is 309 g/mol. The molecule has 114 valence electrons. The van der Waals surface area contributed by atoms with Gasteiger partial charge in [-0.3, -0.25) is 4.79 Å². The zero-order valence-corrected chi connectivity index (χ0v) is 12.9. The standard InChI is InChI=1S/C14H19N5O.ClH/c1-10-7-12(14(20)17-6-5-11(2)15)3-4-13(10)19-9-16-8-18-19;/h3-4,7-9,11H,5-6,15H2,1-2H3,(H,17,20);1H. The van der Waals surface area contributed by atoms with E-state index in [1.807, 2.05) is 26.0 Å². The van der Waals surface area contributed by atoms with Gasteiger partial charge in [0, 0.05) is 18.2 Å². The number of carbonyl (C=O) groups excluding carboxylic acids is 1. The number of carbonyl (C=O) groups is 1. The largest absolute Gasteiger partial charge is 0.352 e. The lowest BCUT2D eigenvalue weighted by Crippen LogP contribution is -2.29. The van der Waals surface area contributed by atoms with Gasteiger partial charge in [-0.25, -0.2) is 9.67 Å². The lowest BCUT2D eigenvalue weighted by atomic mass is 10.1. The molecule has 0 aliphatic rings. The summed E-state index contributed by atoms with van der Waals surface area (Å²) >= 11 is 0. The number of hydrogen-bond acceptors (Lipinski definition) is 4. The van der Waals surface area contributed by atoms with E-state index in [-0.39, 0.29) is 24.4 Å². The fourth-order valence-electron chi connectivity index (χ4n) is 1.90. The van der Waals surface area contributed by atoms with Crippen LogP contribution in [0.25, 0.3) is 5.69 Å². The van der Waals surface area contributed by atoms with E-state index < -0.39 is 0 Å². The summed E-state index contributed by atoms with van der Waals surface area (Å²) < 4.78 is 1.67. The van der Waals surface area contributed by atoms with Crippen LogP contribution in [0.15, 0.2) is 30.9 Å². The van der Waals surface area contributed by atoms with Crippen LogP contribution in [0.1, 0.15) is 29.3 Å². The maximum atomic E-state index is 12.0. The molecule has 1 aromatic heterocycles. The Balaban J connectivity index is 0.00000220. The topological polar surface area (TPSA) is 85.8 Å². The number of aromatic nitrogens is 3. The van der Waals surface area contributed by atoms with Crippen LogP contribution in [-0.4, -0.2) is 33.3 Å². The lowest BCUT2D eigenvalue weighted by Gasteiger charge is -2.10. The minimum Gasteiger partial charge on any atom is -0.352 e. The Labute approximate surface area is 130 Å². The van der Waals surface area contributed by atoms with Crippen LogP contribution in [0.4, 0.5) is 0 Å². The summed E-state index contributed by atoms with van der Waals surface area (Å²) in [5, 5.41) is 6.94. The second kappa shape index (κ2) is 7.75. The van der Waals surface area contributed by atoms with Gasteiger partial charge in [-0.05, 0) is 44.0 Å². The molecule has 0 aliphatic carbocycles. The van der Waals surface area contributed by atoms with Crippen LogP contribution < -0.4 is 11.1 Å². The van der Waals surface area contributed by atoms with Gasteiger partial charge in [-0.2, -0.15) is 5.10 Å². The Morgan fingerprint density at radius 3 is 2.81 bits per heavy atom. The third-order valence-corrected chi connectivity index (χ3v) is 3.01. The Morgan fingerprint density at radius 2 is 2.24 bits per heavy atom. The summed E-state index contributed by atoms with van der Waals surface area (Å²) in [6.07, 6.45) is 3.88. The van der Waals surface area contributed by atoms with E-state index in [0.29, 0.717) is 12.1 Å². The molecule has 0 saturated heterocycles. The Hall–Kier alpha value is -1.92. The predicted molar refractivity (Wildman–Crippen MR) is 83.9 cm³/mol. The number of benzene rings is 1. The summed E-state index contributed by atoms with van der Waals surface area (Å²) in [4.78, 5) is 15.9. The third kappa shape index (κ3) is 4.54. The minimum atomic E-state index is -0.0844. The molecule has 1 atom stereocenters. The van der Waals surface area contributed by atoms with Gasteiger partial charge in [0.2, 0.25) is 0 Å². The predicted octanol–water partition coefficient (Wildman–Crippen LogP) is 1.46. The molecule has 21 heavy (non-hydrogen) atoms. The Bertz CT molecular complexity index is 583. The highest BCUT2D eigenvalue weighted by molar-refractivity contribution is 5.94. The maximum Gasteiger partial charge on any atom is 0.251 e. The molecule has 3 N–H and O–H groups in total. The van der Waals surface area contributed by atoms with Crippen molar-refractivity contribution in [2.75, 3.05) is 6.54 Å². The highest BCUT2D eigenvalue weighted by Crippen LogP contribution is 2.14. The number of hydrogen-bond donors (Lipinski definition) is 2. The average Bonchev–Trinajstić information content (AvgIpc) is 2.91. The van der Waals surface area contributed by atoms with Crippen LogP contribution in [0, 0.1) is 6.92 Å². The van der Waals surface area contributed by atoms with Gasteiger partial charge in [0.25, 0.3) is 5.91 Å². The maximum absolute atomic E-state index is 12.0. The molecule has 0 aliphatic heterocycles. The van der Waals surface area contributed by atoms with Crippen molar-refractivity contribution >= 4 is 18.3 Å². The van der Waals surface area contributed by atoms with Crippen molar-refractivity contribution in [3.8, 4) is 5.69 Å². The van der Waals surface area contributed by atoms with Crippen LogP contribution in [0.2, 0.25) is 0 Å². The van der Waals surface area contributed by atoms with E-state index >= 15 is 0 Å². The Morgan fingerprint density at radius 1 is 1.48 bits per heavy atom. The van der Waals surface area contributed by atoms with Crippen molar-refractivity contribution in [3.05, 3.63) is 42.0 Å². The zero-order valence-electron chi connectivity index (χ0n) is 12.1. The quantitative estimate of drug-likeness (QED) is 0.875. The summed E-state index contributed by atoms with van der Waals surface area (Å²) in [7, 11) is 0. The molecule has 0 radical (unpaired) electrons. The molecule has 2 rings (SSSR count). The highest BCUT2D eigenvalue weighted by atomic mass is 35.5. The first-order valence-electron chi connectivity index (χ1n) is 6.57. The first-order chi connectivity index (χ1) is 9.58. The smallest absolute Gasteiger partial charge is 0.251 e. The van der Waals surface area contributed by atoms with E-state index in [9.17, 15) is 4.79 Å². The molecule has 2 aromatic rings. The number of nitrogens with zero attached hydrogens (tertiary/aromatic N) is 3. The molecule has 0 spiro atoms. The summed E-state index contributed by atoms with van der Waals surface area (Å²) in [5.41, 5.74) is 8.16. The number of halogens is 1. The highest BCUT2D eigenvalue weighted by Gasteiger charge is 2.09. The van der Waals surface area contributed by atoms with E-state index in [2.05, 4.69) is 15.4 Å². The number of rotatable bonds is 5. The summed E-state index contributed by atoms with van der Waals surface area (Å²) in [5.74, 6) is -0.0844. The molecule has 1 aromatic carbocycles. The van der Waals surface area contributed by atoms with Gasteiger partial charge in [-0.1, -0.05) is 0 Å². The van der Waals surface area contributed by atoms with Crippen LogP contribution >= 0.6 is 12.4 Å². The Kier molecular flexibility index (Phi) is 6.33. The molecule has 1 amide bonds. The fraction of sp³-hybridized carbons (Fsp3) is 0.357. The number of nitrogens with two attached hydrogens (primary N) is 1. The lowest BCUT2D eigenvalue weighted by molar-refractivity contribution is 0.0952. The van der Waals surface area contributed by atoms with Gasteiger partial charge >= 0.3 is 0 Å². The fourth-order valence-corrected chi connectivity index (χ4v) is 1.90. The van der Waals surface area contributed by atoms with Crippen molar-refractivity contribution in [3.63, 3.8) is 0 Å². The van der Waals surface area contributed by atoms with Gasteiger partial charge in [0.15, 0.2) is 0 Å². The molecular formula is C14H20ClN5O. The second-order valence-electron chi connectivity index (χ2n) is 4.86. The molecule has 7 heteroatoms. The summed E-state index contributed by atoms with van der Waals surface area (Å²) in [6.45, 7) is 4.44. The van der Waals surface area contributed by atoms with Crippen molar-refractivity contribution < 1.29 is 4.79 Å². The van der Waals surface area contributed by atoms with E-state index in [0.717, 1.165) is 17.7 Å².